The third-order valence-electron chi connectivity index (χ3n) is 3.05. The van der Waals surface area contributed by atoms with Crippen LogP contribution in [0.25, 0.3) is 0 Å². The maximum atomic E-state index is 12.1. The summed E-state index contributed by atoms with van der Waals surface area (Å²) in [6.07, 6.45) is 1.81. The highest BCUT2D eigenvalue weighted by Gasteiger charge is 2.27. The van der Waals surface area contributed by atoms with Crippen molar-refractivity contribution in [2.24, 2.45) is 5.92 Å². The van der Waals surface area contributed by atoms with E-state index in [1.54, 1.807) is 17.0 Å². The number of likely N-dealkylation sites (tertiary alicyclic amines) is 1. The van der Waals surface area contributed by atoms with Crippen molar-refractivity contribution >= 4 is 27.8 Å². The summed E-state index contributed by atoms with van der Waals surface area (Å²) in [5, 5.41) is 8.78. The average Bonchev–Trinajstić information content (AvgIpc) is 2.74. The van der Waals surface area contributed by atoms with Crippen LogP contribution < -0.4 is 0 Å². The SMILES string of the molecule is O=C(O)CC1CCCN(C(=O)c2ccc(Br)o2)C1. The molecular weight excluding hydrogens is 302 g/mol. The molecule has 1 amide bonds. The molecule has 1 atom stereocenters. The van der Waals surface area contributed by atoms with E-state index in [1.807, 2.05) is 0 Å². The molecule has 5 nitrogen and oxygen atoms in total. The summed E-state index contributed by atoms with van der Waals surface area (Å²) >= 11 is 3.15. The average molecular weight is 316 g/mol. The first-order chi connectivity index (χ1) is 8.56. The Labute approximate surface area is 113 Å². The molecule has 1 saturated heterocycles. The van der Waals surface area contributed by atoms with Crippen molar-refractivity contribution in [3.63, 3.8) is 0 Å². The van der Waals surface area contributed by atoms with Gasteiger partial charge in [0, 0.05) is 19.5 Å². The molecule has 18 heavy (non-hydrogen) atoms. The van der Waals surface area contributed by atoms with E-state index in [9.17, 15) is 9.59 Å². The second kappa shape index (κ2) is 5.56. The first-order valence-corrected chi connectivity index (χ1v) is 6.62. The number of hydrogen-bond donors (Lipinski definition) is 1. The third kappa shape index (κ3) is 3.13. The second-order valence-electron chi connectivity index (χ2n) is 4.46. The number of nitrogens with zero attached hydrogens (tertiary/aromatic N) is 1. The summed E-state index contributed by atoms with van der Waals surface area (Å²) in [4.78, 5) is 24.5. The van der Waals surface area contributed by atoms with Crippen LogP contribution in [0.5, 0.6) is 0 Å². The van der Waals surface area contributed by atoms with Crippen LogP contribution in [0, 0.1) is 5.92 Å². The monoisotopic (exact) mass is 315 g/mol. The molecule has 0 spiro atoms. The van der Waals surface area contributed by atoms with Gasteiger partial charge in [0.15, 0.2) is 10.4 Å². The lowest BCUT2D eigenvalue weighted by molar-refractivity contribution is -0.138. The van der Waals surface area contributed by atoms with Gasteiger partial charge in [0.2, 0.25) is 0 Å². The van der Waals surface area contributed by atoms with Gasteiger partial charge in [-0.3, -0.25) is 9.59 Å². The predicted molar refractivity (Wildman–Crippen MR) is 67.3 cm³/mol. The maximum Gasteiger partial charge on any atom is 0.303 e. The van der Waals surface area contributed by atoms with Crippen LogP contribution in [0.4, 0.5) is 0 Å². The molecule has 0 saturated carbocycles. The maximum absolute atomic E-state index is 12.1. The molecule has 2 rings (SSSR count). The van der Waals surface area contributed by atoms with E-state index in [0.717, 1.165) is 12.8 Å². The normalized spacial score (nSPS) is 19.8. The van der Waals surface area contributed by atoms with Gasteiger partial charge in [-0.2, -0.15) is 0 Å². The Bertz CT molecular complexity index is 457. The van der Waals surface area contributed by atoms with Crippen molar-refractivity contribution < 1.29 is 19.1 Å². The smallest absolute Gasteiger partial charge is 0.303 e. The lowest BCUT2D eigenvalue weighted by Gasteiger charge is -2.31. The van der Waals surface area contributed by atoms with Gasteiger partial charge in [0.05, 0.1) is 0 Å². The molecule has 0 aliphatic carbocycles. The molecule has 0 radical (unpaired) electrons. The fourth-order valence-corrected chi connectivity index (χ4v) is 2.55. The highest BCUT2D eigenvalue weighted by Crippen LogP contribution is 2.22. The zero-order chi connectivity index (χ0) is 13.1. The summed E-state index contributed by atoms with van der Waals surface area (Å²) in [5.41, 5.74) is 0. The summed E-state index contributed by atoms with van der Waals surface area (Å²) < 4.78 is 5.74. The van der Waals surface area contributed by atoms with Crippen LogP contribution in [-0.4, -0.2) is 35.0 Å². The standard InChI is InChI=1S/C12H14BrNO4/c13-10-4-3-9(18-10)12(17)14-5-1-2-8(7-14)6-11(15)16/h3-4,8H,1-2,5-7H2,(H,15,16). The number of halogens is 1. The second-order valence-corrected chi connectivity index (χ2v) is 5.24. The molecule has 1 unspecified atom stereocenters. The highest BCUT2D eigenvalue weighted by atomic mass is 79.9. The van der Waals surface area contributed by atoms with Crippen LogP contribution in [0.2, 0.25) is 0 Å². The number of furan rings is 1. The van der Waals surface area contributed by atoms with E-state index in [-0.39, 0.29) is 24.0 Å². The number of amides is 1. The van der Waals surface area contributed by atoms with E-state index in [0.29, 0.717) is 17.8 Å². The fraction of sp³-hybridized carbons (Fsp3) is 0.500. The van der Waals surface area contributed by atoms with Gasteiger partial charge >= 0.3 is 5.97 Å². The van der Waals surface area contributed by atoms with Crippen molar-refractivity contribution in [2.75, 3.05) is 13.1 Å². The summed E-state index contributed by atoms with van der Waals surface area (Å²) in [6.45, 7) is 1.15. The number of piperidine rings is 1. The van der Waals surface area contributed by atoms with Gasteiger partial charge < -0.3 is 14.4 Å². The molecule has 1 aliphatic rings. The fourth-order valence-electron chi connectivity index (χ4n) is 2.25. The quantitative estimate of drug-likeness (QED) is 0.929. The van der Waals surface area contributed by atoms with Crippen molar-refractivity contribution in [3.8, 4) is 0 Å². The number of carboxylic acids is 1. The van der Waals surface area contributed by atoms with Gasteiger partial charge in [-0.05, 0) is 46.8 Å². The summed E-state index contributed by atoms with van der Waals surface area (Å²) in [5.74, 6) is -0.651. The van der Waals surface area contributed by atoms with Gasteiger partial charge in [-0.25, -0.2) is 0 Å². The third-order valence-corrected chi connectivity index (χ3v) is 3.48. The Morgan fingerprint density at radius 3 is 2.89 bits per heavy atom. The molecular formula is C12H14BrNO4. The minimum absolute atomic E-state index is 0.0404. The number of carbonyl (C=O) groups excluding carboxylic acids is 1. The number of carbonyl (C=O) groups is 2. The summed E-state index contributed by atoms with van der Waals surface area (Å²) in [6, 6.07) is 3.29. The van der Waals surface area contributed by atoms with Gasteiger partial charge in [0.1, 0.15) is 0 Å². The van der Waals surface area contributed by atoms with E-state index >= 15 is 0 Å². The molecule has 6 heteroatoms. The molecule has 2 heterocycles. The predicted octanol–water partition coefficient (Wildman–Crippen LogP) is 2.37. The van der Waals surface area contributed by atoms with E-state index < -0.39 is 5.97 Å². The zero-order valence-corrected chi connectivity index (χ0v) is 11.4. The lowest BCUT2D eigenvalue weighted by Crippen LogP contribution is -2.40. The van der Waals surface area contributed by atoms with Crippen molar-refractivity contribution in [2.45, 2.75) is 19.3 Å². The van der Waals surface area contributed by atoms with E-state index in [4.69, 9.17) is 9.52 Å². The largest absolute Gasteiger partial charge is 0.481 e. The molecule has 1 aromatic rings. The van der Waals surface area contributed by atoms with Crippen molar-refractivity contribution in [3.05, 3.63) is 22.6 Å². The van der Waals surface area contributed by atoms with Crippen LogP contribution in [-0.2, 0) is 4.79 Å². The minimum Gasteiger partial charge on any atom is -0.481 e. The van der Waals surface area contributed by atoms with Crippen LogP contribution in [0.15, 0.2) is 21.2 Å². The van der Waals surface area contributed by atoms with Crippen LogP contribution in [0.1, 0.15) is 29.8 Å². The number of aliphatic carboxylic acids is 1. The minimum atomic E-state index is -0.810. The first kappa shape index (κ1) is 13.1. The molecule has 1 aliphatic heterocycles. The Kier molecular flexibility index (Phi) is 4.06. The molecule has 1 N–H and O–H groups in total. The van der Waals surface area contributed by atoms with E-state index in [1.165, 1.54) is 0 Å². The van der Waals surface area contributed by atoms with Gasteiger partial charge in [-0.1, -0.05) is 0 Å². The molecule has 98 valence electrons. The van der Waals surface area contributed by atoms with Crippen molar-refractivity contribution in [1.29, 1.82) is 0 Å². The molecule has 1 fully saturated rings. The lowest BCUT2D eigenvalue weighted by atomic mass is 9.95. The van der Waals surface area contributed by atoms with Gasteiger partial charge in [0.25, 0.3) is 5.91 Å². The summed E-state index contributed by atoms with van der Waals surface area (Å²) in [7, 11) is 0. The van der Waals surface area contributed by atoms with Crippen LogP contribution >= 0.6 is 15.9 Å². The number of rotatable bonds is 3. The molecule has 0 bridgehead atoms. The van der Waals surface area contributed by atoms with E-state index in [2.05, 4.69) is 15.9 Å². The topological polar surface area (TPSA) is 70.8 Å². The number of hydrogen-bond acceptors (Lipinski definition) is 3. The Balaban J connectivity index is 2.00. The number of carboxylic acid groups (broad SMARTS) is 1. The van der Waals surface area contributed by atoms with Gasteiger partial charge in [-0.15, -0.1) is 0 Å². The van der Waals surface area contributed by atoms with Crippen LogP contribution in [0.3, 0.4) is 0 Å². The zero-order valence-electron chi connectivity index (χ0n) is 9.76. The molecule has 0 aromatic carbocycles. The Hall–Kier alpha value is -1.30. The highest BCUT2D eigenvalue weighted by molar-refractivity contribution is 9.10. The Morgan fingerprint density at radius 1 is 1.50 bits per heavy atom. The Morgan fingerprint density at radius 2 is 2.28 bits per heavy atom. The first-order valence-electron chi connectivity index (χ1n) is 5.82. The molecule has 1 aromatic heterocycles. The van der Waals surface area contributed by atoms with Crippen molar-refractivity contribution in [1.82, 2.24) is 4.90 Å².